The first-order chi connectivity index (χ1) is 11.3. The molecule has 1 unspecified atom stereocenters. The van der Waals surface area contributed by atoms with Gasteiger partial charge in [-0.25, -0.2) is 0 Å². The number of rotatable bonds is 4. The number of benzene rings is 1. The molecule has 0 aromatic heterocycles. The standard InChI is InChI=1S/C18H19NO3S/c1-11-14-3-2-5-19-18(14)23-17(11)9-13-8-16-15(21-10-22-16)7-12(13)4-6-20/h3,5,7-8,18,20H,2,4,6,9-10H2,1H3. The molecule has 1 aromatic rings. The molecule has 3 aliphatic rings. The fourth-order valence-corrected chi connectivity index (χ4v) is 4.57. The summed E-state index contributed by atoms with van der Waals surface area (Å²) in [6.45, 7) is 2.60. The second-order valence-corrected chi connectivity index (χ2v) is 7.04. The van der Waals surface area contributed by atoms with Crippen LogP contribution in [0, 0.1) is 0 Å². The number of thioether (sulfide) groups is 1. The van der Waals surface area contributed by atoms with E-state index in [4.69, 9.17) is 9.47 Å². The lowest BCUT2D eigenvalue weighted by atomic mass is 9.97. The molecule has 120 valence electrons. The van der Waals surface area contributed by atoms with Gasteiger partial charge >= 0.3 is 0 Å². The minimum atomic E-state index is 0.135. The number of hydrogen-bond donors (Lipinski definition) is 1. The van der Waals surface area contributed by atoms with E-state index in [1.807, 2.05) is 24.0 Å². The number of nitrogens with zero attached hydrogens (tertiary/aromatic N) is 1. The number of dihydropyridines is 1. The van der Waals surface area contributed by atoms with Crippen molar-refractivity contribution in [2.24, 2.45) is 4.99 Å². The first-order valence-electron chi connectivity index (χ1n) is 7.87. The molecule has 4 rings (SSSR count). The van der Waals surface area contributed by atoms with Crippen LogP contribution in [0.2, 0.25) is 0 Å². The molecule has 3 aliphatic heterocycles. The molecule has 0 saturated heterocycles. The molecule has 0 aliphatic carbocycles. The van der Waals surface area contributed by atoms with Gasteiger partial charge in [-0.1, -0.05) is 17.8 Å². The van der Waals surface area contributed by atoms with Crippen molar-refractivity contribution in [3.63, 3.8) is 0 Å². The highest BCUT2D eigenvalue weighted by atomic mass is 32.2. The van der Waals surface area contributed by atoms with E-state index >= 15 is 0 Å². The van der Waals surface area contributed by atoms with Crippen LogP contribution in [0.4, 0.5) is 0 Å². The molecule has 0 fully saturated rings. The topological polar surface area (TPSA) is 51.0 Å². The molecule has 0 bridgehead atoms. The Hall–Kier alpha value is -1.72. The summed E-state index contributed by atoms with van der Waals surface area (Å²) >= 11 is 1.84. The quantitative estimate of drug-likeness (QED) is 0.921. The second kappa shape index (κ2) is 6.06. The number of aliphatic hydroxyl groups excluding tert-OH is 1. The summed E-state index contributed by atoms with van der Waals surface area (Å²) in [7, 11) is 0. The van der Waals surface area contributed by atoms with Crippen molar-refractivity contribution in [3.8, 4) is 11.5 Å². The maximum atomic E-state index is 9.36. The molecule has 4 nitrogen and oxygen atoms in total. The third-order valence-corrected chi connectivity index (χ3v) is 5.82. The van der Waals surface area contributed by atoms with Gasteiger partial charge in [-0.15, -0.1) is 0 Å². The summed E-state index contributed by atoms with van der Waals surface area (Å²) in [6.07, 6.45) is 6.69. The van der Waals surface area contributed by atoms with Gasteiger partial charge in [0.1, 0.15) is 5.37 Å². The Bertz CT molecular complexity index is 736. The summed E-state index contributed by atoms with van der Waals surface area (Å²) in [5.74, 6) is 1.58. The summed E-state index contributed by atoms with van der Waals surface area (Å²) in [4.78, 5) is 5.95. The van der Waals surface area contributed by atoms with Crippen molar-refractivity contribution in [2.75, 3.05) is 13.4 Å². The lowest BCUT2D eigenvalue weighted by Gasteiger charge is -2.12. The van der Waals surface area contributed by atoms with Crippen molar-refractivity contribution in [1.29, 1.82) is 0 Å². The van der Waals surface area contributed by atoms with Gasteiger partial charge < -0.3 is 14.6 Å². The highest BCUT2D eigenvalue weighted by Gasteiger charge is 2.29. The second-order valence-electron chi connectivity index (χ2n) is 5.87. The lowest BCUT2D eigenvalue weighted by Crippen LogP contribution is -2.03. The minimum absolute atomic E-state index is 0.135. The van der Waals surface area contributed by atoms with Crippen LogP contribution in [0.15, 0.2) is 39.3 Å². The minimum Gasteiger partial charge on any atom is -0.454 e. The van der Waals surface area contributed by atoms with E-state index in [1.165, 1.54) is 21.6 Å². The summed E-state index contributed by atoms with van der Waals surface area (Å²) < 4.78 is 11.0. The summed E-state index contributed by atoms with van der Waals surface area (Å²) in [5.41, 5.74) is 5.04. The number of hydrogen-bond acceptors (Lipinski definition) is 5. The van der Waals surface area contributed by atoms with Gasteiger partial charge in [0.25, 0.3) is 0 Å². The van der Waals surface area contributed by atoms with Crippen LogP contribution in [0.3, 0.4) is 0 Å². The Morgan fingerprint density at radius 2 is 2.04 bits per heavy atom. The number of fused-ring (bicyclic) bond motifs is 2. The first-order valence-corrected chi connectivity index (χ1v) is 8.75. The van der Waals surface area contributed by atoms with Gasteiger partial charge in [0.2, 0.25) is 6.79 Å². The first kappa shape index (κ1) is 14.8. The van der Waals surface area contributed by atoms with E-state index in [0.717, 1.165) is 29.9 Å². The Morgan fingerprint density at radius 3 is 2.78 bits per heavy atom. The maximum Gasteiger partial charge on any atom is 0.231 e. The van der Waals surface area contributed by atoms with Gasteiger partial charge in [-0.2, -0.15) is 0 Å². The molecule has 0 amide bonds. The molecule has 1 aromatic carbocycles. The number of aliphatic imine (C=N–C) groups is 1. The van der Waals surface area contributed by atoms with Gasteiger partial charge in [-0.05, 0) is 52.7 Å². The van der Waals surface area contributed by atoms with Crippen molar-refractivity contribution < 1.29 is 14.6 Å². The van der Waals surface area contributed by atoms with Crippen LogP contribution in [-0.4, -0.2) is 30.1 Å². The molecule has 0 saturated carbocycles. The van der Waals surface area contributed by atoms with Gasteiger partial charge in [0, 0.05) is 25.7 Å². The zero-order chi connectivity index (χ0) is 15.8. The van der Waals surface area contributed by atoms with Gasteiger partial charge in [-0.3, -0.25) is 4.99 Å². The van der Waals surface area contributed by atoms with Crippen molar-refractivity contribution in [1.82, 2.24) is 0 Å². The zero-order valence-corrected chi connectivity index (χ0v) is 13.9. The van der Waals surface area contributed by atoms with Gasteiger partial charge in [0.15, 0.2) is 11.5 Å². The molecule has 0 spiro atoms. The molecule has 3 heterocycles. The normalized spacial score (nSPS) is 21.7. The highest BCUT2D eigenvalue weighted by molar-refractivity contribution is 8.04. The Balaban J connectivity index is 1.66. The Kier molecular flexibility index (Phi) is 3.91. The lowest BCUT2D eigenvalue weighted by molar-refractivity contribution is 0.174. The predicted octanol–water partition coefficient (Wildman–Crippen LogP) is 3.24. The fourth-order valence-electron chi connectivity index (χ4n) is 3.22. The molecule has 23 heavy (non-hydrogen) atoms. The third kappa shape index (κ3) is 2.68. The number of allylic oxidation sites excluding steroid dienone is 2. The van der Waals surface area contributed by atoms with E-state index in [1.54, 1.807) is 0 Å². The average Bonchev–Trinajstić information content (AvgIpc) is 3.13. The Morgan fingerprint density at radius 1 is 1.26 bits per heavy atom. The van der Waals surface area contributed by atoms with Crippen molar-refractivity contribution >= 4 is 18.0 Å². The largest absolute Gasteiger partial charge is 0.454 e. The van der Waals surface area contributed by atoms with E-state index in [2.05, 4.69) is 24.1 Å². The molecular formula is C18H19NO3S. The molecule has 1 N–H and O–H groups in total. The van der Waals surface area contributed by atoms with Crippen LogP contribution in [0.1, 0.15) is 24.5 Å². The van der Waals surface area contributed by atoms with Crippen LogP contribution < -0.4 is 9.47 Å². The number of ether oxygens (including phenoxy) is 2. The number of aliphatic hydroxyl groups is 1. The van der Waals surface area contributed by atoms with Crippen LogP contribution >= 0.6 is 11.8 Å². The van der Waals surface area contributed by atoms with Gasteiger partial charge in [0.05, 0.1) is 0 Å². The van der Waals surface area contributed by atoms with E-state index < -0.39 is 0 Å². The maximum absolute atomic E-state index is 9.36. The highest BCUT2D eigenvalue weighted by Crippen LogP contribution is 2.46. The Labute approximate surface area is 139 Å². The van der Waals surface area contributed by atoms with E-state index in [0.29, 0.717) is 6.42 Å². The van der Waals surface area contributed by atoms with Crippen LogP contribution in [-0.2, 0) is 12.8 Å². The SMILES string of the molecule is CC1=C(Cc2cc3c(cc2CCO)OCO3)SC2N=CCC=C12. The summed E-state index contributed by atoms with van der Waals surface area (Å²) in [6, 6.07) is 4.07. The average molecular weight is 329 g/mol. The fraction of sp³-hybridized carbons (Fsp3) is 0.389. The van der Waals surface area contributed by atoms with E-state index in [-0.39, 0.29) is 18.8 Å². The van der Waals surface area contributed by atoms with Crippen molar-refractivity contribution in [3.05, 3.63) is 45.4 Å². The zero-order valence-electron chi connectivity index (χ0n) is 13.0. The molecule has 5 heteroatoms. The van der Waals surface area contributed by atoms with E-state index in [9.17, 15) is 5.11 Å². The molecule has 0 radical (unpaired) electrons. The predicted molar refractivity (Wildman–Crippen MR) is 92.3 cm³/mol. The smallest absolute Gasteiger partial charge is 0.231 e. The molecular weight excluding hydrogens is 310 g/mol. The van der Waals surface area contributed by atoms with Crippen LogP contribution in [0.25, 0.3) is 0 Å². The summed E-state index contributed by atoms with van der Waals surface area (Å²) in [5, 5.41) is 9.59. The molecule has 1 atom stereocenters. The van der Waals surface area contributed by atoms with Crippen molar-refractivity contribution in [2.45, 2.75) is 31.6 Å². The third-order valence-electron chi connectivity index (χ3n) is 4.48. The monoisotopic (exact) mass is 329 g/mol. The van der Waals surface area contributed by atoms with Crippen LogP contribution in [0.5, 0.6) is 11.5 Å².